The van der Waals surface area contributed by atoms with Crippen molar-refractivity contribution < 1.29 is 4.79 Å². The van der Waals surface area contributed by atoms with Gasteiger partial charge >= 0.3 is 0 Å². The molecule has 4 rings (SSSR count). The summed E-state index contributed by atoms with van der Waals surface area (Å²) < 4.78 is 0. The van der Waals surface area contributed by atoms with E-state index in [2.05, 4.69) is 54.9 Å². The van der Waals surface area contributed by atoms with E-state index in [9.17, 15) is 4.79 Å². The quantitative estimate of drug-likeness (QED) is 0.765. The fraction of sp³-hybridized carbons (Fsp3) is 0.583. The zero-order valence-corrected chi connectivity index (χ0v) is 17.0. The van der Waals surface area contributed by atoms with Crippen molar-refractivity contribution in [1.29, 1.82) is 0 Å². The summed E-state index contributed by atoms with van der Waals surface area (Å²) in [5.74, 6) is 3.41. The number of hydrazone groups is 1. The summed E-state index contributed by atoms with van der Waals surface area (Å²) in [6.45, 7) is 8.56. The van der Waals surface area contributed by atoms with E-state index in [0.717, 1.165) is 12.8 Å². The SMILES string of the molecule is CC(C)Cc1ccc(C2=C3C4CC(CC(=O)C(C)C)C(C4)C3C=NN2)cc1. The molecule has 3 nitrogen and oxygen atoms in total. The number of carbonyl (C=O) groups is 1. The Kier molecular flexibility index (Phi) is 4.96. The molecule has 1 N–H and O–H groups in total. The smallest absolute Gasteiger partial charge is 0.135 e. The minimum absolute atomic E-state index is 0.153. The summed E-state index contributed by atoms with van der Waals surface area (Å²) in [6, 6.07) is 9.01. The second-order valence-electron chi connectivity index (χ2n) is 9.46. The molecule has 27 heavy (non-hydrogen) atoms. The molecule has 1 aliphatic heterocycles. The van der Waals surface area contributed by atoms with Crippen LogP contribution >= 0.6 is 0 Å². The van der Waals surface area contributed by atoms with E-state index in [1.165, 1.54) is 29.7 Å². The Bertz CT molecular complexity index is 772. The Morgan fingerprint density at radius 1 is 1.15 bits per heavy atom. The van der Waals surface area contributed by atoms with Gasteiger partial charge in [-0.2, -0.15) is 5.10 Å². The van der Waals surface area contributed by atoms with Crippen LogP contribution in [0.5, 0.6) is 0 Å². The Morgan fingerprint density at radius 2 is 1.89 bits per heavy atom. The fourth-order valence-electron chi connectivity index (χ4n) is 5.40. The van der Waals surface area contributed by atoms with Gasteiger partial charge in [-0.05, 0) is 59.6 Å². The standard InChI is InChI=1S/C24H32N2O/c1-14(2)9-16-5-7-17(8-6-16)24-23-19-10-18(12-22(27)15(3)4)20(11-19)21(23)13-25-26-24/h5-8,13-15,18-21,26H,9-12H2,1-4H3. The Morgan fingerprint density at radius 3 is 2.56 bits per heavy atom. The molecule has 2 saturated carbocycles. The summed E-state index contributed by atoms with van der Waals surface area (Å²) in [6.07, 6.45) is 6.36. The molecule has 3 aliphatic rings. The molecule has 0 aromatic heterocycles. The molecule has 4 atom stereocenters. The van der Waals surface area contributed by atoms with Crippen molar-refractivity contribution in [3.63, 3.8) is 0 Å². The first-order chi connectivity index (χ1) is 12.9. The zero-order chi connectivity index (χ0) is 19.1. The van der Waals surface area contributed by atoms with Crippen LogP contribution in [0.4, 0.5) is 0 Å². The molecule has 2 bridgehead atoms. The second-order valence-corrected chi connectivity index (χ2v) is 9.46. The molecule has 1 aromatic rings. The van der Waals surface area contributed by atoms with E-state index in [0.29, 0.717) is 35.4 Å². The van der Waals surface area contributed by atoms with Gasteiger partial charge in [-0.25, -0.2) is 0 Å². The van der Waals surface area contributed by atoms with E-state index in [-0.39, 0.29) is 5.92 Å². The Balaban J connectivity index is 1.56. The summed E-state index contributed by atoms with van der Waals surface area (Å²) in [4.78, 5) is 12.3. The van der Waals surface area contributed by atoms with Crippen LogP contribution in [0.25, 0.3) is 5.70 Å². The average molecular weight is 365 g/mol. The van der Waals surface area contributed by atoms with Crippen molar-refractivity contribution in [1.82, 2.24) is 5.43 Å². The van der Waals surface area contributed by atoms with Gasteiger partial charge in [-0.1, -0.05) is 52.0 Å². The number of carbonyl (C=O) groups excluding carboxylic acids is 1. The normalized spacial score (nSPS) is 28.8. The van der Waals surface area contributed by atoms with E-state index >= 15 is 0 Å². The first-order valence-electron chi connectivity index (χ1n) is 10.6. The zero-order valence-electron chi connectivity index (χ0n) is 17.0. The first-order valence-corrected chi connectivity index (χ1v) is 10.6. The average Bonchev–Trinajstić information content (AvgIpc) is 3.20. The van der Waals surface area contributed by atoms with Gasteiger partial charge in [0.1, 0.15) is 5.78 Å². The monoisotopic (exact) mass is 364 g/mol. The molecule has 0 radical (unpaired) electrons. The van der Waals surface area contributed by atoms with Crippen molar-refractivity contribution in [3.05, 3.63) is 41.0 Å². The molecule has 4 unspecified atom stereocenters. The van der Waals surface area contributed by atoms with Gasteiger partial charge in [-0.15, -0.1) is 0 Å². The number of ketones is 1. The van der Waals surface area contributed by atoms with E-state index < -0.39 is 0 Å². The number of hydrogen-bond donors (Lipinski definition) is 1. The van der Waals surface area contributed by atoms with Crippen LogP contribution in [0.15, 0.2) is 34.9 Å². The maximum atomic E-state index is 12.3. The highest BCUT2D eigenvalue weighted by molar-refractivity contribution is 5.82. The molecular weight excluding hydrogens is 332 g/mol. The van der Waals surface area contributed by atoms with Crippen LogP contribution in [0.1, 0.15) is 58.1 Å². The highest BCUT2D eigenvalue weighted by Crippen LogP contribution is 2.57. The molecule has 0 saturated heterocycles. The third-order valence-electron chi connectivity index (χ3n) is 6.70. The molecule has 2 aliphatic carbocycles. The van der Waals surface area contributed by atoms with E-state index in [4.69, 9.17) is 0 Å². The lowest BCUT2D eigenvalue weighted by Crippen LogP contribution is -2.31. The van der Waals surface area contributed by atoms with Crippen molar-refractivity contribution >= 4 is 17.7 Å². The van der Waals surface area contributed by atoms with E-state index in [1.807, 2.05) is 13.8 Å². The minimum atomic E-state index is 0.153. The van der Waals surface area contributed by atoms with Crippen LogP contribution in [0.3, 0.4) is 0 Å². The van der Waals surface area contributed by atoms with Gasteiger partial charge in [0.25, 0.3) is 0 Å². The van der Waals surface area contributed by atoms with Gasteiger partial charge in [0, 0.05) is 24.5 Å². The van der Waals surface area contributed by atoms with Gasteiger partial charge in [-0.3, -0.25) is 10.2 Å². The Labute approximate surface area is 163 Å². The molecule has 1 heterocycles. The lowest BCUT2D eigenvalue weighted by molar-refractivity contribution is -0.123. The number of nitrogens with zero attached hydrogens (tertiary/aromatic N) is 1. The van der Waals surface area contributed by atoms with Gasteiger partial charge in [0.15, 0.2) is 0 Å². The van der Waals surface area contributed by atoms with Gasteiger partial charge < -0.3 is 0 Å². The number of Topliss-reactive ketones (excluding diaryl/α,β-unsaturated/α-hetero) is 1. The predicted octanol–water partition coefficient (Wildman–Crippen LogP) is 5.07. The first kappa shape index (κ1) is 18.5. The summed E-state index contributed by atoms with van der Waals surface area (Å²) in [5, 5.41) is 4.50. The van der Waals surface area contributed by atoms with Crippen molar-refractivity contribution in [2.75, 3.05) is 0 Å². The summed E-state index contributed by atoms with van der Waals surface area (Å²) in [7, 11) is 0. The predicted molar refractivity (Wildman–Crippen MR) is 111 cm³/mol. The van der Waals surface area contributed by atoms with Crippen molar-refractivity contribution in [3.8, 4) is 0 Å². The van der Waals surface area contributed by atoms with Crippen LogP contribution in [0.2, 0.25) is 0 Å². The molecule has 1 aromatic carbocycles. The maximum Gasteiger partial charge on any atom is 0.135 e. The highest BCUT2D eigenvalue weighted by atomic mass is 16.1. The van der Waals surface area contributed by atoms with Crippen LogP contribution in [-0.4, -0.2) is 12.0 Å². The number of rotatable bonds is 6. The van der Waals surface area contributed by atoms with Gasteiger partial charge in [0.2, 0.25) is 0 Å². The Hall–Kier alpha value is -1.90. The van der Waals surface area contributed by atoms with Crippen LogP contribution in [0, 0.1) is 35.5 Å². The number of hydrogen-bond acceptors (Lipinski definition) is 3. The van der Waals surface area contributed by atoms with Gasteiger partial charge in [0.05, 0.1) is 5.70 Å². The summed E-state index contributed by atoms with van der Waals surface area (Å²) in [5.41, 5.74) is 8.72. The fourth-order valence-corrected chi connectivity index (χ4v) is 5.40. The molecule has 3 heteroatoms. The molecule has 0 spiro atoms. The number of nitrogens with one attached hydrogen (secondary N) is 1. The number of allylic oxidation sites excluding steroid dienone is 1. The third kappa shape index (κ3) is 3.49. The minimum Gasteiger partial charge on any atom is -0.299 e. The maximum absolute atomic E-state index is 12.3. The van der Waals surface area contributed by atoms with Crippen LogP contribution < -0.4 is 5.43 Å². The van der Waals surface area contributed by atoms with Crippen molar-refractivity contribution in [2.24, 2.45) is 40.6 Å². The lowest BCUT2D eigenvalue weighted by Gasteiger charge is -2.33. The largest absolute Gasteiger partial charge is 0.299 e. The number of fused-ring (bicyclic) bond motifs is 5. The van der Waals surface area contributed by atoms with Crippen LogP contribution in [-0.2, 0) is 11.2 Å². The molecule has 0 amide bonds. The van der Waals surface area contributed by atoms with Crippen molar-refractivity contribution in [2.45, 2.75) is 53.4 Å². The molecule has 144 valence electrons. The molecular formula is C24H32N2O. The summed E-state index contributed by atoms with van der Waals surface area (Å²) >= 11 is 0. The lowest BCUT2D eigenvalue weighted by atomic mass is 9.74. The van der Waals surface area contributed by atoms with E-state index in [1.54, 1.807) is 5.57 Å². The second kappa shape index (κ2) is 7.26. The third-order valence-corrected chi connectivity index (χ3v) is 6.70. The highest BCUT2D eigenvalue weighted by Gasteiger charge is 2.51. The molecule has 2 fully saturated rings. The number of benzene rings is 1. The topological polar surface area (TPSA) is 41.5 Å².